The summed E-state index contributed by atoms with van der Waals surface area (Å²) in [6.45, 7) is 3.74. The number of benzene rings is 2. The minimum absolute atomic E-state index is 0.0801. The number of hydrogen-bond donors (Lipinski definition) is 1. The number of alkyl halides is 3. The number of hydrogen-bond acceptors (Lipinski definition) is 4. The summed E-state index contributed by atoms with van der Waals surface area (Å²) in [7, 11) is 0. The predicted octanol–water partition coefficient (Wildman–Crippen LogP) is 4.85. The lowest BCUT2D eigenvalue weighted by Gasteiger charge is -2.31. The molecule has 1 N–H and O–H groups in total. The Morgan fingerprint density at radius 3 is 2.52 bits per heavy atom. The molecule has 1 amide bonds. The fourth-order valence-electron chi connectivity index (χ4n) is 3.46. The van der Waals surface area contributed by atoms with Crippen LogP contribution in [0.2, 0.25) is 0 Å². The molecule has 4 rings (SSSR count). The number of carbonyl (C=O) groups is 1. The molecule has 0 saturated carbocycles. The molecule has 0 spiro atoms. The molecule has 0 unspecified atom stereocenters. The predicted molar refractivity (Wildman–Crippen MR) is 103 cm³/mol. The summed E-state index contributed by atoms with van der Waals surface area (Å²) in [4.78, 5) is 14.8. The Hall–Kier alpha value is -3.00. The number of amides is 1. The molecule has 152 valence electrons. The van der Waals surface area contributed by atoms with Crippen molar-refractivity contribution in [3.05, 3.63) is 59.4 Å². The second-order valence-electron chi connectivity index (χ2n) is 6.84. The van der Waals surface area contributed by atoms with Gasteiger partial charge in [-0.15, -0.1) is 0 Å². The maximum absolute atomic E-state index is 13.2. The molecule has 0 radical (unpaired) electrons. The summed E-state index contributed by atoms with van der Waals surface area (Å²) >= 11 is 0. The van der Waals surface area contributed by atoms with E-state index in [1.807, 2.05) is 17.0 Å². The molecule has 29 heavy (non-hydrogen) atoms. The van der Waals surface area contributed by atoms with Gasteiger partial charge in [0.05, 0.1) is 30.2 Å². The van der Waals surface area contributed by atoms with Crippen LogP contribution in [0, 0.1) is 6.92 Å². The molecule has 1 aliphatic heterocycles. The van der Waals surface area contributed by atoms with Gasteiger partial charge in [-0.2, -0.15) is 13.2 Å². The van der Waals surface area contributed by atoms with Gasteiger partial charge in [0.15, 0.2) is 5.76 Å². The molecule has 2 heterocycles. The van der Waals surface area contributed by atoms with Crippen LogP contribution in [0.1, 0.15) is 21.7 Å². The first-order valence-electron chi connectivity index (χ1n) is 9.18. The van der Waals surface area contributed by atoms with E-state index in [-0.39, 0.29) is 11.4 Å². The van der Waals surface area contributed by atoms with Gasteiger partial charge in [-0.05, 0) is 31.2 Å². The highest BCUT2D eigenvalue weighted by molar-refractivity contribution is 6.07. The summed E-state index contributed by atoms with van der Waals surface area (Å²) in [5.74, 6) is -0.510. The molecule has 5 nitrogen and oxygen atoms in total. The standard InChI is InChI=1S/C21H19F3N2O3/c1-13-15-4-2-3-5-18(15)29-19(13)20(27)25-16-12-14(21(22,23)24)6-7-17(16)26-8-10-28-11-9-26/h2-7,12H,8-11H2,1H3,(H,25,27). The van der Waals surface area contributed by atoms with Crippen LogP contribution in [0.25, 0.3) is 11.0 Å². The van der Waals surface area contributed by atoms with E-state index in [2.05, 4.69) is 5.32 Å². The minimum atomic E-state index is -4.52. The zero-order valence-electron chi connectivity index (χ0n) is 15.7. The number of halogens is 3. The average molecular weight is 404 g/mol. The lowest BCUT2D eigenvalue weighted by Crippen LogP contribution is -2.36. The maximum Gasteiger partial charge on any atom is 0.416 e. The second-order valence-corrected chi connectivity index (χ2v) is 6.84. The van der Waals surface area contributed by atoms with Gasteiger partial charge >= 0.3 is 6.18 Å². The third-order valence-electron chi connectivity index (χ3n) is 4.97. The van der Waals surface area contributed by atoms with Gasteiger partial charge in [0, 0.05) is 24.0 Å². The number of para-hydroxylation sites is 1. The molecule has 1 saturated heterocycles. The van der Waals surface area contributed by atoms with Crippen LogP contribution in [-0.4, -0.2) is 32.2 Å². The number of anilines is 2. The minimum Gasteiger partial charge on any atom is -0.451 e. The van der Waals surface area contributed by atoms with Crippen molar-refractivity contribution in [2.75, 3.05) is 36.5 Å². The first-order chi connectivity index (χ1) is 13.8. The van der Waals surface area contributed by atoms with Crippen molar-refractivity contribution in [1.29, 1.82) is 0 Å². The van der Waals surface area contributed by atoms with E-state index in [0.29, 0.717) is 43.1 Å². The number of fused-ring (bicyclic) bond motifs is 1. The lowest BCUT2D eigenvalue weighted by atomic mass is 10.1. The van der Waals surface area contributed by atoms with E-state index in [0.717, 1.165) is 17.5 Å². The monoisotopic (exact) mass is 404 g/mol. The first-order valence-corrected chi connectivity index (χ1v) is 9.18. The van der Waals surface area contributed by atoms with Gasteiger partial charge in [0.25, 0.3) is 5.91 Å². The van der Waals surface area contributed by atoms with Crippen LogP contribution in [0.4, 0.5) is 24.5 Å². The molecule has 2 aromatic carbocycles. The van der Waals surface area contributed by atoms with Crippen LogP contribution in [0.15, 0.2) is 46.9 Å². The largest absolute Gasteiger partial charge is 0.451 e. The molecule has 3 aromatic rings. The highest BCUT2D eigenvalue weighted by Crippen LogP contribution is 2.36. The molecule has 0 aliphatic carbocycles. The molecule has 1 fully saturated rings. The van der Waals surface area contributed by atoms with Gasteiger partial charge in [-0.3, -0.25) is 4.79 Å². The summed E-state index contributed by atoms with van der Waals surface area (Å²) in [6.07, 6.45) is -4.52. The summed E-state index contributed by atoms with van der Waals surface area (Å²) < 4.78 is 50.7. The van der Waals surface area contributed by atoms with Gasteiger partial charge in [0.1, 0.15) is 5.58 Å². The van der Waals surface area contributed by atoms with E-state index in [1.165, 1.54) is 6.07 Å². The Bertz CT molecular complexity index is 1050. The van der Waals surface area contributed by atoms with Crippen LogP contribution < -0.4 is 10.2 Å². The van der Waals surface area contributed by atoms with Crippen molar-refractivity contribution in [3.8, 4) is 0 Å². The summed E-state index contributed by atoms with van der Waals surface area (Å²) in [5.41, 5.74) is 0.965. The van der Waals surface area contributed by atoms with Gasteiger partial charge in [-0.1, -0.05) is 18.2 Å². The smallest absolute Gasteiger partial charge is 0.416 e. The van der Waals surface area contributed by atoms with Crippen molar-refractivity contribution in [1.82, 2.24) is 0 Å². The maximum atomic E-state index is 13.2. The molecular formula is C21H19F3N2O3. The number of aryl methyl sites for hydroxylation is 1. The van der Waals surface area contributed by atoms with Crippen molar-refractivity contribution >= 4 is 28.3 Å². The first kappa shape index (κ1) is 19.3. The molecule has 1 aliphatic rings. The van der Waals surface area contributed by atoms with Gasteiger partial charge < -0.3 is 19.4 Å². The summed E-state index contributed by atoms with van der Waals surface area (Å²) in [6, 6.07) is 10.5. The van der Waals surface area contributed by atoms with E-state index in [9.17, 15) is 18.0 Å². The fourth-order valence-corrected chi connectivity index (χ4v) is 3.46. The normalized spacial score (nSPS) is 15.0. The van der Waals surface area contributed by atoms with Crippen LogP contribution >= 0.6 is 0 Å². The van der Waals surface area contributed by atoms with E-state index in [1.54, 1.807) is 19.1 Å². The average Bonchev–Trinajstić information content (AvgIpc) is 3.05. The van der Waals surface area contributed by atoms with Crippen molar-refractivity contribution in [3.63, 3.8) is 0 Å². The number of nitrogens with one attached hydrogen (secondary N) is 1. The van der Waals surface area contributed by atoms with Crippen LogP contribution in [0.5, 0.6) is 0 Å². The number of morpholine rings is 1. The molecule has 0 atom stereocenters. The van der Waals surface area contributed by atoms with Crippen LogP contribution in [0.3, 0.4) is 0 Å². The van der Waals surface area contributed by atoms with E-state index >= 15 is 0 Å². The fraction of sp³-hybridized carbons (Fsp3) is 0.286. The summed E-state index contributed by atoms with van der Waals surface area (Å²) in [5, 5.41) is 3.41. The Balaban J connectivity index is 1.71. The second kappa shape index (κ2) is 7.44. The Labute approximate surface area is 165 Å². The Morgan fingerprint density at radius 2 is 1.83 bits per heavy atom. The van der Waals surface area contributed by atoms with Crippen molar-refractivity contribution in [2.24, 2.45) is 0 Å². The zero-order chi connectivity index (χ0) is 20.6. The third kappa shape index (κ3) is 3.80. The van der Waals surface area contributed by atoms with E-state index in [4.69, 9.17) is 9.15 Å². The van der Waals surface area contributed by atoms with Gasteiger partial charge in [0.2, 0.25) is 0 Å². The Morgan fingerprint density at radius 1 is 1.10 bits per heavy atom. The number of nitrogens with zero attached hydrogens (tertiary/aromatic N) is 1. The Kier molecular flexibility index (Phi) is 4.96. The molecule has 8 heteroatoms. The van der Waals surface area contributed by atoms with Gasteiger partial charge in [-0.25, -0.2) is 0 Å². The van der Waals surface area contributed by atoms with Crippen LogP contribution in [-0.2, 0) is 10.9 Å². The zero-order valence-corrected chi connectivity index (χ0v) is 15.7. The number of furan rings is 1. The van der Waals surface area contributed by atoms with Crippen molar-refractivity contribution < 1.29 is 27.1 Å². The highest BCUT2D eigenvalue weighted by Gasteiger charge is 2.32. The quantitative estimate of drug-likeness (QED) is 0.678. The number of carbonyl (C=O) groups excluding carboxylic acids is 1. The van der Waals surface area contributed by atoms with E-state index < -0.39 is 17.6 Å². The van der Waals surface area contributed by atoms with Crippen molar-refractivity contribution in [2.45, 2.75) is 13.1 Å². The molecular weight excluding hydrogens is 385 g/mol. The third-order valence-corrected chi connectivity index (χ3v) is 4.97. The number of rotatable bonds is 3. The lowest BCUT2D eigenvalue weighted by molar-refractivity contribution is -0.137. The SMILES string of the molecule is Cc1c(C(=O)Nc2cc(C(F)(F)F)ccc2N2CCOCC2)oc2ccccc12. The number of ether oxygens (including phenoxy) is 1. The molecule has 0 bridgehead atoms. The highest BCUT2D eigenvalue weighted by atomic mass is 19.4. The molecule has 1 aromatic heterocycles. The topological polar surface area (TPSA) is 54.7 Å².